The highest BCUT2D eigenvalue weighted by Crippen LogP contribution is 2.17. The van der Waals surface area contributed by atoms with E-state index in [0.29, 0.717) is 6.54 Å². The van der Waals surface area contributed by atoms with Gasteiger partial charge in [-0.15, -0.1) is 5.10 Å². The Kier molecular flexibility index (Phi) is 3.92. The molecule has 0 aliphatic heterocycles. The molecule has 2 aromatic heterocycles. The fourth-order valence-electron chi connectivity index (χ4n) is 2.49. The molecule has 1 unspecified atom stereocenters. The van der Waals surface area contributed by atoms with Crippen LogP contribution in [0.2, 0.25) is 0 Å². The fourth-order valence-corrected chi connectivity index (χ4v) is 2.49. The summed E-state index contributed by atoms with van der Waals surface area (Å²) in [6.45, 7) is 2.77. The lowest BCUT2D eigenvalue weighted by molar-refractivity contribution is 0.617. The molecule has 0 spiro atoms. The summed E-state index contributed by atoms with van der Waals surface area (Å²) in [4.78, 5) is 4.46. The Morgan fingerprint density at radius 1 is 1.24 bits per heavy atom. The summed E-state index contributed by atoms with van der Waals surface area (Å²) in [6.07, 6.45) is 5.72. The van der Waals surface area contributed by atoms with E-state index in [2.05, 4.69) is 40.4 Å². The van der Waals surface area contributed by atoms with Gasteiger partial charge in [-0.25, -0.2) is 4.68 Å². The summed E-state index contributed by atoms with van der Waals surface area (Å²) >= 11 is 0. The van der Waals surface area contributed by atoms with Crippen molar-refractivity contribution in [1.29, 1.82) is 0 Å². The molecule has 0 radical (unpaired) electrons. The van der Waals surface area contributed by atoms with E-state index in [1.54, 1.807) is 0 Å². The van der Waals surface area contributed by atoms with Crippen LogP contribution in [0.5, 0.6) is 0 Å². The quantitative estimate of drug-likeness (QED) is 0.780. The molecule has 21 heavy (non-hydrogen) atoms. The standard InChI is InChI=1S/C16H19N5/c1-2-5-14(17)15-11-21(20-19-15)10-13-7-3-6-12-8-4-9-18-16(12)13/h3-4,6-9,11,14H,2,5,10,17H2,1H3. The third kappa shape index (κ3) is 2.92. The van der Waals surface area contributed by atoms with Crippen molar-refractivity contribution in [1.82, 2.24) is 20.0 Å². The van der Waals surface area contributed by atoms with Gasteiger partial charge >= 0.3 is 0 Å². The molecule has 0 aliphatic rings. The molecule has 2 N–H and O–H groups in total. The van der Waals surface area contributed by atoms with E-state index >= 15 is 0 Å². The van der Waals surface area contributed by atoms with E-state index in [-0.39, 0.29) is 6.04 Å². The van der Waals surface area contributed by atoms with Crippen LogP contribution in [-0.2, 0) is 6.54 Å². The van der Waals surface area contributed by atoms with Gasteiger partial charge in [0.05, 0.1) is 30.0 Å². The van der Waals surface area contributed by atoms with Gasteiger partial charge in [-0.2, -0.15) is 0 Å². The number of rotatable bonds is 5. The molecule has 3 aromatic rings. The van der Waals surface area contributed by atoms with Crippen LogP contribution in [0.4, 0.5) is 0 Å². The third-order valence-corrected chi connectivity index (χ3v) is 3.58. The third-order valence-electron chi connectivity index (χ3n) is 3.58. The van der Waals surface area contributed by atoms with Crippen molar-refractivity contribution in [3.8, 4) is 0 Å². The number of nitrogens with two attached hydrogens (primary N) is 1. The molecule has 0 bridgehead atoms. The lowest BCUT2D eigenvalue weighted by Gasteiger charge is -2.06. The van der Waals surface area contributed by atoms with Crippen LogP contribution >= 0.6 is 0 Å². The average molecular weight is 281 g/mol. The van der Waals surface area contributed by atoms with Crippen LogP contribution < -0.4 is 5.73 Å². The van der Waals surface area contributed by atoms with Gasteiger partial charge in [0.25, 0.3) is 0 Å². The first-order chi connectivity index (χ1) is 10.3. The summed E-state index contributed by atoms with van der Waals surface area (Å²) in [5.41, 5.74) is 9.07. The van der Waals surface area contributed by atoms with Gasteiger partial charge in [-0.05, 0) is 18.1 Å². The van der Waals surface area contributed by atoms with Crippen LogP contribution in [-0.4, -0.2) is 20.0 Å². The van der Waals surface area contributed by atoms with Crippen molar-refractivity contribution in [2.75, 3.05) is 0 Å². The predicted octanol–water partition coefficient (Wildman–Crippen LogP) is 2.67. The largest absolute Gasteiger partial charge is 0.323 e. The van der Waals surface area contributed by atoms with Gasteiger partial charge in [-0.1, -0.05) is 42.8 Å². The van der Waals surface area contributed by atoms with Gasteiger partial charge in [0.15, 0.2) is 0 Å². The fraction of sp³-hybridized carbons (Fsp3) is 0.312. The summed E-state index contributed by atoms with van der Waals surface area (Å²) in [5, 5.41) is 9.50. The van der Waals surface area contributed by atoms with E-state index in [1.165, 1.54) is 0 Å². The molecule has 0 saturated heterocycles. The highest BCUT2D eigenvalue weighted by molar-refractivity contribution is 5.81. The highest BCUT2D eigenvalue weighted by atomic mass is 15.4. The van der Waals surface area contributed by atoms with E-state index in [4.69, 9.17) is 5.73 Å². The van der Waals surface area contributed by atoms with Gasteiger partial charge < -0.3 is 5.73 Å². The summed E-state index contributed by atoms with van der Waals surface area (Å²) < 4.78 is 1.83. The van der Waals surface area contributed by atoms with Gasteiger partial charge in [-0.3, -0.25) is 4.98 Å². The summed E-state index contributed by atoms with van der Waals surface area (Å²) in [5.74, 6) is 0. The molecule has 0 amide bonds. The number of hydrogen-bond donors (Lipinski definition) is 1. The molecule has 3 rings (SSSR count). The topological polar surface area (TPSA) is 69.6 Å². The van der Waals surface area contributed by atoms with Gasteiger partial charge in [0, 0.05) is 11.6 Å². The second-order valence-electron chi connectivity index (χ2n) is 5.23. The van der Waals surface area contributed by atoms with Crippen molar-refractivity contribution >= 4 is 10.9 Å². The number of fused-ring (bicyclic) bond motifs is 1. The molecule has 2 heterocycles. The minimum absolute atomic E-state index is 0.0330. The Morgan fingerprint density at radius 3 is 2.95 bits per heavy atom. The maximum Gasteiger partial charge on any atom is 0.0994 e. The monoisotopic (exact) mass is 281 g/mol. The molecule has 1 aromatic carbocycles. The number of hydrogen-bond acceptors (Lipinski definition) is 4. The first-order valence-electron chi connectivity index (χ1n) is 7.26. The molecule has 5 heteroatoms. The Bertz CT molecular complexity index is 729. The number of benzene rings is 1. The first kappa shape index (κ1) is 13.7. The van der Waals surface area contributed by atoms with Crippen molar-refractivity contribution in [3.63, 3.8) is 0 Å². The maximum atomic E-state index is 6.07. The second-order valence-corrected chi connectivity index (χ2v) is 5.23. The molecule has 1 atom stereocenters. The minimum atomic E-state index is -0.0330. The van der Waals surface area contributed by atoms with E-state index in [0.717, 1.165) is 35.0 Å². The molecular formula is C16H19N5. The van der Waals surface area contributed by atoms with Crippen LogP contribution in [0.15, 0.2) is 42.7 Å². The smallest absolute Gasteiger partial charge is 0.0994 e. The SMILES string of the molecule is CCCC(N)c1cn(Cc2cccc3cccnc23)nn1. The summed E-state index contributed by atoms with van der Waals surface area (Å²) in [6, 6.07) is 10.2. The van der Waals surface area contributed by atoms with Crippen molar-refractivity contribution in [3.05, 3.63) is 54.0 Å². The van der Waals surface area contributed by atoms with E-state index in [9.17, 15) is 0 Å². The van der Waals surface area contributed by atoms with Gasteiger partial charge in [0.2, 0.25) is 0 Å². The average Bonchev–Trinajstić information content (AvgIpc) is 2.97. The van der Waals surface area contributed by atoms with E-state index < -0.39 is 0 Å². The lowest BCUT2D eigenvalue weighted by Crippen LogP contribution is -2.10. The second kappa shape index (κ2) is 6.01. The van der Waals surface area contributed by atoms with Crippen LogP contribution in [0.1, 0.15) is 37.1 Å². The van der Waals surface area contributed by atoms with Crippen molar-refractivity contribution in [2.24, 2.45) is 5.73 Å². The number of pyridine rings is 1. The predicted molar refractivity (Wildman–Crippen MR) is 82.7 cm³/mol. The first-order valence-corrected chi connectivity index (χ1v) is 7.26. The van der Waals surface area contributed by atoms with Crippen LogP contribution in [0.25, 0.3) is 10.9 Å². The molecular weight excluding hydrogens is 262 g/mol. The van der Waals surface area contributed by atoms with Crippen LogP contribution in [0.3, 0.4) is 0 Å². The van der Waals surface area contributed by atoms with E-state index in [1.807, 2.05) is 29.2 Å². The Hall–Kier alpha value is -2.27. The molecule has 0 aliphatic carbocycles. The number of nitrogens with zero attached hydrogens (tertiary/aromatic N) is 4. The zero-order valence-corrected chi connectivity index (χ0v) is 12.1. The zero-order chi connectivity index (χ0) is 14.7. The van der Waals surface area contributed by atoms with Crippen molar-refractivity contribution in [2.45, 2.75) is 32.4 Å². The Morgan fingerprint density at radius 2 is 2.10 bits per heavy atom. The van der Waals surface area contributed by atoms with Crippen LogP contribution in [0, 0.1) is 0 Å². The number of aromatic nitrogens is 4. The Balaban J connectivity index is 1.86. The molecule has 108 valence electrons. The maximum absolute atomic E-state index is 6.07. The molecule has 5 nitrogen and oxygen atoms in total. The zero-order valence-electron chi connectivity index (χ0n) is 12.1. The Labute approximate surface area is 123 Å². The highest BCUT2D eigenvalue weighted by Gasteiger charge is 2.10. The lowest BCUT2D eigenvalue weighted by atomic mass is 10.1. The van der Waals surface area contributed by atoms with Gasteiger partial charge in [0.1, 0.15) is 0 Å². The molecule has 0 fully saturated rings. The normalized spacial score (nSPS) is 12.7. The van der Waals surface area contributed by atoms with Crippen molar-refractivity contribution < 1.29 is 0 Å². The molecule has 0 saturated carbocycles. The minimum Gasteiger partial charge on any atom is -0.323 e. The number of para-hydroxylation sites is 1. The summed E-state index contributed by atoms with van der Waals surface area (Å²) in [7, 11) is 0.